The van der Waals surface area contributed by atoms with Gasteiger partial charge in [0.1, 0.15) is 22.9 Å². The molecule has 4 heterocycles. The van der Waals surface area contributed by atoms with E-state index in [4.69, 9.17) is 9.40 Å². The van der Waals surface area contributed by atoms with Crippen molar-refractivity contribution in [3.63, 3.8) is 0 Å². The van der Waals surface area contributed by atoms with E-state index < -0.39 is 0 Å². The summed E-state index contributed by atoms with van der Waals surface area (Å²) >= 11 is 0. The predicted octanol–water partition coefficient (Wildman–Crippen LogP) is 14.7. The zero-order valence-electron chi connectivity index (χ0n) is 32.4. The van der Waals surface area contributed by atoms with Gasteiger partial charge in [0.05, 0.1) is 45.4 Å². The summed E-state index contributed by atoms with van der Waals surface area (Å²) in [5, 5.41) is 22.5. The molecule has 13 aromatic rings. The predicted molar refractivity (Wildman–Crippen MR) is 248 cm³/mol. The molecule has 0 amide bonds. The van der Waals surface area contributed by atoms with Gasteiger partial charge in [0.2, 0.25) is 5.69 Å². The minimum atomic E-state index is 0.373. The van der Waals surface area contributed by atoms with Crippen molar-refractivity contribution in [1.29, 1.82) is 5.26 Å². The van der Waals surface area contributed by atoms with E-state index in [2.05, 4.69) is 123 Å². The second kappa shape index (κ2) is 12.4. The fourth-order valence-electron chi connectivity index (χ4n) is 10.2. The molecule has 0 spiro atoms. The number of nitriles is 1. The van der Waals surface area contributed by atoms with E-state index in [0.29, 0.717) is 28.2 Å². The molecule has 61 heavy (non-hydrogen) atoms. The molecular formula is C55H29N5O. The van der Waals surface area contributed by atoms with Gasteiger partial charge in [-0.3, -0.25) is 0 Å². The summed E-state index contributed by atoms with van der Waals surface area (Å²) in [6.45, 7) is 9.17. The average Bonchev–Trinajstić information content (AvgIpc) is 3.99. The van der Waals surface area contributed by atoms with Crippen LogP contribution < -0.4 is 0 Å². The third kappa shape index (κ3) is 4.35. The van der Waals surface area contributed by atoms with Gasteiger partial charge in [0.25, 0.3) is 0 Å². The van der Waals surface area contributed by atoms with Crippen LogP contribution in [0.4, 0.5) is 5.69 Å². The Morgan fingerprint density at radius 3 is 1.85 bits per heavy atom. The summed E-state index contributed by atoms with van der Waals surface area (Å²) < 4.78 is 11.0. The van der Waals surface area contributed by atoms with Crippen molar-refractivity contribution in [3.8, 4) is 39.7 Å². The molecule has 0 unspecified atom stereocenters. The van der Waals surface area contributed by atoms with Gasteiger partial charge in [0.15, 0.2) is 0 Å². The van der Waals surface area contributed by atoms with Crippen molar-refractivity contribution >= 4 is 92.9 Å². The third-order valence-electron chi connectivity index (χ3n) is 12.6. The Bertz CT molecular complexity index is 3980. The lowest BCUT2D eigenvalue weighted by atomic mass is 9.88. The van der Waals surface area contributed by atoms with Gasteiger partial charge in [-0.2, -0.15) is 5.26 Å². The molecule has 280 valence electrons. The van der Waals surface area contributed by atoms with Crippen LogP contribution in [0.2, 0.25) is 0 Å². The van der Waals surface area contributed by atoms with Crippen LogP contribution in [0.5, 0.6) is 0 Å². The minimum absolute atomic E-state index is 0.373. The number of para-hydroxylation sites is 2. The van der Waals surface area contributed by atoms with E-state index in [1.165, 1.54) is 0 Å². The lowest BCUT2D eigenvalue weighted by molar-refractivity contribution is 0.669. The van der Waals surface area contributed by atoms with Crippen LogP contribution in [-0.4, -0.2) is 14.1 Å². The molecule has 0 fully saturated rings. The van der Waals surface area contributed by atoms with E-state index >= 15 is 0 Å². The van der Waals surface area contributed by atoms with Crippen LogP contribution in [0.3, 0.4) is 0 Å². The third-order valence-corrected chi connectivity index (χ3v) is 12.6. The van der Waals surface area contributed by atoms with E-state index in [-0.39, 0.29) is 0 Å². The van der Waals surface area contributed by atoms with Gasteiger partial charge in [-0.1, -0.05) is 133 Å². The highest BCUT2D eigenvalue weighted by Gasteiger charge is 2.33. The van der Waals surface area contributed by atoms with E-state index in [1.54, 1.807) is 0 Å². The number of pyridine rings is 1. The SMILES string of the molecule is [C-]#[N+]c1c(-c2ccccc2)c(C#N)c(-n2c3ccccc3c3ccc4oc5ccccc5c4c32)c(-c2ccccc2)c1-n1c2cccc3c4ccccc4c4ccnc1c4c32. The van der Waals surface area contributed by atoms with Crippen LogP contribution in [-0.2, 0) is 0 Å². The van der Waals surface area contributed by atoms with Gasteiger partial charge >= 0.3 is 0 Å². The van der Waals surface area contributed by atoms with Gasteiger partial charge in [-0.05, 0) is 69.1 Å². The molecule has 0 bridgehead atoms. The first kappa shape index (κ1) is 33.3. The largest absolute Gasteiger partial charge is 0.456 e. The summed E-state index contributed by atoms with van der Waals surface area (Å²) in [4.78, 5) is 9.66. The van der Waals surface area contributed by atoms with E-state index in [9.17, 15) is 11.8 Å². The maximum Gasteiger partial charge on any atom is 0.220 e. The average molecular weight is 776 g/mol. The summed E-state index contributed by atoms with van der Waals surface area (Å²) in [5.74, 6) is 0. The first-order chi connectivity index (χ1) is 30.2. The first-order valence-corrected chi connectivity index (χ1v) is 20.2. The molecule has 0 saturated carbocycles. The zero-order chi connectivity index (χ0) is 40.3. The smallest absolute Gasteiger partial charge is 0.220 e. The zero-order valence-corrected chi connectivity index (χ0v) is 32.4. The lowest BCUT2D eigenvalue weighted by Gasteiger charge is -2.25. The molecule has 9 aromatic carbocycles. The topological polar surface area (TPSA) is 64.0 Å². The number of hydrogen-bond acceptors (Lipinski definition) is 3. The van der Waals surface area contributed by atoms with Crippen molar-refractivity contribution < 1.29 is 4.42 Å². The van der Waals surface area contributed by atoms with Crippen LogP contribution in [0.25, 0.3) is 126 Å². The summed E-state index contributed by atoms with van der Waals surface area (Å²) in [5.41, 5.74) is 10.2. The first-order valence-electron chi connectivity index (χ1n) is 20.2. The Balaban J connectivity index is 1.35. The molecule has 0 aliphatic heterocycles. The van der Waals surface area contributed by atoms with Crippen molar-refractivity contribution in [2.75, 3.05) is 0 Å². The maximum absolute atomic E-state index is 11.8. The number of hydrogen-bond donors (Lipinski definition) is 0. The van der Waals surface area contributed by atoms with Gasteiger partial charge in [-0.25, -0.2) is 9.83 Å². The number of furan rings is 1. The molecule has 13 rings (SSSR count). The standard InChI is InChI=1S/C55H29N5O/c1-57-51-46(32-15-4-2-5-16-32)41(31-56)53(59-42-24-12-10-21-36(42)39-27-28-45-49(52(39)59)40-22-11-13-26-44(40)61-45)47(33-17-6-3-7-18-33)54(51)60-43-25-14-23-37-34-19-8-9-20-35(34)38-29-30-58-55(60)50(38)48(37)43/h2-30H. The van der Waals surface area contributed by atoms with Crippen molar-refractivity contribution in [1.82, 2.24) is 14.1 Å². The molecule has 6 nitrogen and oxygen atoms in total. The fraction of sp³-hybridized carbons (Fsp3) is 0. The monoisotopic (exact) mass is 775 g/mol. The molecule has 0 aliphatic rings. The van der Waals surface area contributed by atoms with Crippen LogP contribution in [0.1, 0.15) is 5.56 Å². The lowest BCUT2D eigenvalue weighted by Crippen LogP contribution is -2.09. The Kier molecular flexibility index (Phi) is 6.76. The van der Waals surface area contributed by atoms with Gasteiger partial charge < -0.3 is 13.6 Å². The van der Waals surface area contributed by atoms with Gasteiger partial charge in [0, 0.05) is 44.3 Å². The molecular weight excluding hydrogens is 747 g/mol. The van der Waals surface area contributed by atoms with Gasteiger partial charge in [-0.15, -0.1) is 0 Å². The van der Waals surface area contributed by atoms with Crippen molar-refractivity contribution in [2.24, 2.45) is 0 Å². The highest BCUT2D eigenvalue weighted by Crippen LogP contribution is 2.54. The Morgan fingerprint density at radius 1 is 0.492 bits per heavy atom. The highest BCUT2D eigenvalue weighted by molar-refractivity contribution is 6.34. The second-order valence-electron chi connectivity index (χ2n) is 15.5. The Morgan fingerprint density at radius 2 is 1.11 bits per heavy atom. The number of fused-ring (bicyclic) bond motifs is 10. The molecule has 0 saturated heterocycles. The molecule has 0 atom stereocenters. The molecule has 0 aliphatic carbocycles. The normalized spacial score (nSPS) is 11.9. The second-order valence-corrected chi connectivity index (χ2v) is 15.5. The number of rotatable bonds is 4. The minimum Gasteiger partial charge on any atom is -0.456 e. The quantitative estimate of drug-likeness (QED) is 0.132. The summed E-state index contributed by atoms with van der Waals surface area (Å²) in [6, 6.07) is 60.6. The van der Waals surface area contributed by atoms with Crippen molar-refractivity contribution in [2.45, 2.75) is 0 Å². The highest BCUT2D eigenvalue weighted by atomic mass is 16.3. The molecule has 4 aromatic heterocycles. The van der Waals surface area contributed by atoms with Crippen LogP contribution >= 0.6 is 0 Å². The van der Waals surface area contributed by atoms with Crippen LogP contribution in [0.15, 0.2) is 180 Å². The van der Waals surface area contributed by atoms with Crippen molar-refractivity contribution in [3.05, 3.63) is 193 Å². The molecule has 0 radical (unpaired) electrons. The Hall–Kier alpha value is -8.71. The van der Waals surface area contributed by atoms with Crippen LogP contribution in [0, 0.1) is 17.9 Å². The number of nitrogens with zero attached hydrogens (tertiary/aromatic N) is 5. The summed E-state index contributed by atoms with van der Waals surface area (Å²) in [6.07, 6.45) is 1.88. The maximum atomic E-state index is 11.8. The van der Waals surface area contributed by atoms with E-state index in [1.807, 2.05) is 72.9 Å². The van der Waals surface area contributed by atoms with E-state index in [0.717, 1.165) is 104 Å². The molecule has 6 heteroatoms. The number of aromatic nitrogens is 3. The fourth-order valence-corrected chi connectivity index (χ4v) is 10.2. The Labute approximate surface area is 348 Å². The summed E-state index contributed by atoms with van der Waals surface area (Å²) in [7, 11) is 0. The molecule has 0 N–H and O–H groups in total. The number of benzene rings is 9.